The van der Waals surface area contributed by atoms with Gasteiger partial charge in [0.2, 0.25) is 5.91 Å². The lowest BCUT2D eigenvalue weighted by atomic mass is 9.72. The van der Waals surface area contributed by atoms with Gasteiger partial charge >= 0.3 is 24.0 Å². The number of alkyl halides is 7. The fourth-order valence-corrected chi connectivity index (χ4v) is 9.81. The molecule has 44 heavy (non-hydrogen) atoms. The lowest BCUT2D eigenvalue weighted by Crippen LogP contribution is -2.51. The van der Waals surface area contributed by atoms with Gasteiger partial charge in [0.05, 0.1) is 10.8 Å². The molecule has 2 saturated carbocycles. The molecule has 3 aliphatic rings. The summed E-state index contributed by atoms with van der Waals surface area (Å²) in [6.07, 6.45) is -12.5. The van der Waals surface area contributed by atoms with Crippen molar-refractivity contribution in [2.75, 3.05) is 0 Å². The molecule has 1 amide bonds. The first-order chi connectivity index (χ1) is 20.3. The first kappa shape index (κ1) is 32.2. The Hall–Kier alpha value is -3.23. The number of amides is 1. The van der Waals surface area contributed by atoms with Crippen LogP contribution in [0, 0.1) is 23.6 Å². The molecule has 0 bridgehead atoms. The summed E-state index contributed by atoms with van der Waals surface area (Å²) in [5, 5.41) is 12.1. The summed E-state index contributed by atoms with van der Waals surface area (Å²) in [5.41, 5.74) is -7.84. The number of aryl methyl sites for hydroxylation is 1. The highest BCUT2D eigenvalue weighted by atomic mass is 32.2. The van der Waals surface area contributed by atoms with Crippen LogP contribution in [0.4, 0.5) is 35.1 Å². The van der Waals surface area contributed by atoms with E-state index in [1.807, 2.05) is 0 Å². The Labute approximate surface area is 246 Å². The Bertz CT molecular complexity index is 1560. The van der Waals surface area contributed by atoms with Crippen molar-refractivity contribution in [3.8, 4) is 0 Å². The zero-order valence-corrected chi connectivity index (χ0v) is 23.6. The number of rotatable bonds is 6. The number of carbonyl (C=O) groups is 2. The maximum Gasteiger partial charge on any atom is 0.435 e. The van der Waals surface area contributed by atoms with Gasteiger partial charge < -0.3 is 10.4 Å². The highest BCUT2D eigenvalue weighted by molar-refractivity contribution is 7.92. The number of hydrogen-bond donors (Lipinski definition) is 2. The second-order valence-corrected chi connectivity index (χ2v) is 13.9. The summed E-state index contributed by atoms with van der Waals surface area (Å²) in [6, 6.07) is 4.69. The molecule has 6 nitrogen and oxygen atoms in total. The Morgan fingerprint density at radius 2 is 1.52 bits per heavy atom. The minimum atomic E-state index is -6.37. The molecule has 5 rings (SSSR count). The van der Waals surface area contributed by atoms with Crippen molar-refractivity contribution in [2.45, 2.75) is 78.7 Å². The quantitative estimate of drug-likeness (QED) is 0.289. The topological polar surface area (TPSA) is 101 Å². The van der Waals surface area contributed by atoms with Crippen LogP contribution in [0.3, 0.4) is 0 Å². The summed E-state index contributed by atoms with van der Waals surface area (Å²) in [6.45, 7) is 0. The number of carboxylic acid groups (broad SMARTS) is 1. The van der Waals surface area contributed by atoms with E-state index in [1.54, 1.807) is 0 Å². The van der Waals surface area contributed by atoms with Gasteiger partial charge in [-0.1, -0.05) is 18.2 Å². The van der Waals surface area contributed by atoms with Gasteiger partial charge in [-0.2, -0.15) is 26.3 Å². The zero-order chi connectivity index (χ0) is 32.5. The second kappa shape index (κ2) is 10.7. The first-order valence-electron chi connectivity index (χ1n) is 13.8. The van der Waals surface area contributed by atoms with Crippen LogP contribution in [-0.4, -0.2) is 43.8 Å². The maximum atomic E-state index is 15.0. The van der Waals surface area contributed by atoms with E-state index in [0.29, 0.717) is 18.9 Å². The lowest BCUT2D eigenvalue weighted by Gasteiger charge is -2.42. The third kappa shape index (κ3) is 4.85. The molecule has 15 heteroatoms. The summed E-state index contributed by atoms with van der Waals surface area (Å²) >= 11 is 0. The molecule has 0 aromatic heterocycles. The number of carbonyl (C=O) groups excluding carboxylic acids is 1. The van der Waals surface area contributed by atoms with E-state index in [2.05, 4.69) is 5.32 Å². The third-order valence-electron chi connectivity index (χ3n) is 9.44. The van der Waals surface area contributed by atoms with Gasteiger partial charge in [-0.25, -0.2) is 17.2 Å². The average Bonchev–Trinajstić information content (AvgIpc) is 3.57. The number of sulfone groups is 1. The molecular weight excluding hydrogens is 626 g/mol. The highest BCUT2D eigenvalue weighted by Crippen LogP contribution is 2.60. The standard InChI is InChI=1S/C29H27F8NO5S/c30-18-4-7-20(8-5-18)44(42,43)26-12-11-21(24(39)38-19-6-1-16(14-19)25(40)41)23(26)9-2-15-13-17(3-10-22(15)26)27(31,28(32,33)34)29(35,36)37/h3-5,7-8,10,13,16,19,21,23H,1-2,6,9,11-12,14H2,(H,38,39)(H,40,41)/t16-,19-,21-,23+,26-/m1/s1. The lowest BCUT2D eigenvalue weighted by molar-refractivity contribution is -0.348. The smallest absolute Gasteiger partial charge is 0.435 e. The normalized spacial score (nSPS) is 27.5. The molecule has 2 aromatic carbocycles. The van der Waals surface area contributed by atoms with Crippen molar-refractivity contribution in [2.24, 2.45) is 17.8 Å². The van der Waals surface area contributed by atoms with Crippen LogP contribution in [0.25, 0.3) is 0 Å². The molecule has 240 valence electrons. The van der Waals surface area contributed by atoms with Gasteiger partial charge in [0.15, 0.2) is 9.84 Å². The fraction of sp³-hybridized carbons (Fsp3) is 0.517. The van der Waals surface area contributed by atoms with Gasteiger partial charge in [-0.05, 0) is 86.3 Å². The highest BCUT2D eigenvalue weighted by Gasteiger charge is 2.74. The van der Waals surface area contributed by atoms with E-state index < -0.39 is 79.7 Å². The minimum absolute atomic E-state index is 0.0225. The zero-order valence-electron chi connectivity index (χ0n) is 22.8. The Balaban J connectivity index is 1.60. The second-order valence-electron chi connectivity index (χ2n) is 11.7. The molecule has 5 atom stereocenters. The van der Waals surface area contributed by atoms with Crippen LogP contribution in [-0.2, 0) is 36.3 Å². The molecule has 2 fully saturated rings. The van der Waals surface area contributed by atoms with Crippen molar-refractivity contribution < 1.29 is 58.2 Å². The Morgan fingerprint density at radius 1 is 0.886 bits per heavy atom. The van der Waals surface area contributed by atoms with E-state index in [1.165, 1.54) is 0 Å². The van der Waals surface area contributed by atoms with Crippen LogP contribution in [0.2, 0.25) is 0 Å². The Morgan fingerprint density at radius 3 is 2.09 bits per heavy atom. The number of fused-ring (bicyclic) bond motifs is 3. The maximum absolute atomic E-state index is 15.0. The van der Waals surface area contributed by atoms with E-state index in [4.69, 9.17) is 0 Å². The summed E-state index contributed by atoms with van der Waals surface area (Å²) in [5.74, 6) is -4.91. The molecule has 0 spiro atoms. The molecule has 0 saturated heterocycles. The van der Waals surface area contributed by atoms with Gasteiger partial charge in [0.1, 0.15) is 10.6 Å². The molecule has 3 aliphatic carbocycles. The third-order valence-corrected chi connectivity index (χ3v) is 12.0. The molecule has 0 heterocycles. The number of benzene rings is 2. The molecular formula is C29H27F8NO5S. The molecule has 0 unspecified atom stereocenters. The van der Waals surface area contributed by atoms with E-state index >= 15 is 0 Å². The minimum Gasteiger partial charge on any atom is -0.481 e. The van der Waals surface area contributed by atoms with Crippen molar-refractivity contribution >= 4 is 21.7 Å². The van der Waals surface area contributed by atoms with Crippen LogP contribution in [0.5, 0.6) is 0 Å². The molecule has 2 aromatic rings. The van der Waals surface area contributed by atoms with Crippen molar-refractivity contribution in [1.82, 2.24) is 5.32 Å². The fourth-order valence-electron chi connectivity index (χ4n) is 7.34. The van der Waals surface area contributed by atoms with Crippen molar-refractivity contribution in [3.05, 3.63) is 65.0 Å². The number of nitrogens with one attached hydrogen (secondary N) is 1. The van der Waals surface area contributed by atoms with Gasteiger partial charge in [0.25, 0.3) is 0 Å². The summed E-state index contributed by atoms with van der Waals surface area (Å²) in [7, 11) is -4.57. The van der Waals surface area contributed by atoms with Crippen LogP contribution >= 0.6 is 0 Å². The predicted molar refractivity (Wildman–Crippen MR) is 138 cm³/mol. The molecule has 2 N–H and O–H groups in total. The summed E-state index contributed by atoms with van der Waals surface area (Å²) in [4.78, 5) is 24.5. The van der Waals surface area contributed by atoms with E-state index in [-0.39, 0.29) is 54.2 Å². The molecule has 0 radical (unpaired) electrons. The van der Waals surface area contributed by atoms with E-state index in [0.717, 1.165) is 30.3 Å². The number of aliphatic carboxylic acids is 1. The van der Waals surface area contributed by atoms with Crippen LogP contribution < -0.4 is 5.32 Å². The largest absolute Gasteiger partial charge is 0.481 e. The monoisotopic (exact) mass is 653 g/mol. The first-order valence-corrected chi connectivity index (χ1v) is 15.3. The van der Waals surface area contributed by atoms with Gasteiger partial charge in [-0.15, -0.1) is 0 Å². The van der Waals surface area contributed by atoms with Crippen molar-refractivity contribution in [3.63, 3.8) is 0 Å². The summed E-state index contributed by atoms with van der Waals surface area (Å²) < 4.78 is 137. The van der Waals surface area contributed by atoms with Crippen molar-refractivity contribution in [1.29, 1.82) is 0 Å². The Kier molecular flexibility index (Phi) is 7.82. The van der Waals surface area contributed by atoms with Gasteiger partial charge in [0, 0.05) is 17.5 Å². The molecule has 0 aliphatic heterocycles. The predicted octanol–water partition coefficient (Wildman–Crippen LogP) is 6.13. The van der Waals surface area contributed by atoms with Crippen LogP contribution in [0.1, 0.15) is 55.2 Å². The number of carboxylic acids is 1. The number of hydrogen-bond acceptors (Lipinski definition) is 4. The van der Waals surface area contributed by atoms with Crippen LogP contribution in [0.15, 0.2) is 47.4 Å². The average molecular weight is 654 g/mol. The number of halogens is 8. The van der Waals surface area contributed by atoms with Gasteiger partial charge in [-0.3, -0.25) is 9.59 Å². The SMILES string of the molecule is O=C(O)[C@@H]1CC[C@@H](NC(=O)[C@@H]2CC[C@@]3(S(=O)(=O)c4ccc(F)cc4)c4ccc(C(F)(C(F)(F)F)C(F)(F)F)cc4CC[C@@H]23)C1. The van der Waals surface area contributed by atoms with E-state index in [9.17, 15) is 58.2 Å².